The molecule has 0 saturated carbocycles. The Labute approximate surface area is 154 Å². The van der Waals surface area contributed by atoms with Crippen LogP contribution in [0.2, 0.25) is 13.3 Å². The molecule has 0 saturated heterocycles. The molecule has 24 heavy (non-hydrogen) atoms. The first-order valence-corrected chi connectivity index (χ1v) is 17.3. The Balaban J connectivity index is 3.26. The quantitative estimate of drug-likeness (QED) is 0.318. The van der Waals surface area contributed by atoms with E-state index in [1.165, 1.54) is 57.4 Å². The third-order valence-electron chi connectivity index (χ3n) is 4.96. The monoisotopic (exact) mass is 436 g/mol. The van der Waals surface area contributed by atoms with Crippen molar-refractivity contribution in [1.82, 2.24) is 0 Å². The van der Waals surface area contributed by atoms with Crippen LogP contribution in [0.5, 0.6) is 0 Å². The molecule has 0 fully saturated rings. The second kappa shape index (κ2) is 12.8. The molecule has 0 bridgehead atoms. The van der Waals surface area contributed by atoms with E-state index in [9.17, 15) is 0 Å². The molecule has 0 amide bonds. The molecule has 0 aromatic heterocycles. The van der Waals surface area contributed by atoms with E-state index in [0.717, 1.165) is 0 Å². The number of hydrogen-bond acceptors (Lipinski definition) is 1. The molecule has 1 aromatic rings. The van der Waals surface area contributed by atoms with E-state index in [2.05, 4.69) is 56.9 Å². The molecule has 0 spiro atoms. The summed E-state index contributed by atoms with van der Waals surface area (Å²) in [5, 5.41) is 0. The number of benzene rings is 1. The molecule has 2 heteroatoms. The van der Waals surface area contributed by atoms with E-state index in [-0.39, 0.29) is 0 Å². The molecular weight excluding hydrogens is 399 g/mol. The van der Waals surface area contributed by atoms with Crippen molar-refractivity contribution < 1.29 is 4.74 Å². The molecule has 1 nitrogen and oxygen atoms in total. The normalized spacial score (nSPS) is 11.2. The van der Waals surface area contributed by atoms with Crippen molar-refractivity contribution in [2.45, 2.75) is 72.6 Å². The van der Waals surface area contributed by atoms with Gasteiger partial charge in [0, 0.05) is 0 Å². The van der Waals surface area contributed by atoms with Crippen LogP contribution in [0, 0.1) is 11.8 Å². The molecule has 0 radical (unpaired) electrons. The van der Waals surface area contributed by atoms with Crippen LogP contribution < -0.4 is 3.58 Å². The van der Waals surface area contributed by atoms with Crippen LogP contribution >= 0.6 is 0 Å². The number of rotatable bonds is 11. The fraction of sp³-hybridized carbons (Fsp3) is 0.636. The number of hydrogen-bond donors (Lipinski definition) is 0. The van der Waals surface area contributed by atoms with E-state index in [0.29, 0.717) is 6.61 Å². The van der Waals surface area contributed by atoms with E-state index in [1.54, 1.807) is 10.7 Å². The van der Waals surface area contributed by atoms with Crippen LogP contribution in [0.25, 0.3) is 0 Å². The van der Waals surface area contributed by atoms with Gasteiger partial charge in [0.25, 0.3) is 0 Å². The molecule has 0 N–H and O–H groups in total. The van der Waals surface area contributed by atoms with Gasteiger partial charge in [0.05, 0.1) is 0 Å². The molecular formula is C22H36OSn. The van der Waals surface area contributed by atoms with Crippen LogP contribution in [-0.4, -0.2) is 32.1 Å². The molecule has 0 aliphatic heterocycles. The summed E-state index contributed by atoms with van der Waals surface area (Å²) in [6.45, 7) is 7.53. The van der Waals surface area contributed by atoms with Gasteiger partial charge in [0.2, 0.25) is 0 Å². The summed E-state index contributed by atoms with van der Waals surface area (Å²) in [7, 11) is 1.72. The summed E-state index contributed by atoms with van der Waals surface area (Å²) in [6.07, 6.45) is 8.12. The zero-order chi connectivity index (χ0) is 17.7. The van der Waals surface area contributed by atoms with Gasteiger partial charge >= 0.3 is 155 Å². The van der Waals surface area contributed by atoms with Gasteiger partial charge in [-0.1, -0.05) is 0 Å². The van der Waals surface area contributed by atoms with E-state index in [1.807, 2.05) is 0 Å². The van der Waals surface area contributed by atoms with Crippen LogP contribution in [0.1, 0.15) is 64.9 Å². The van der Waals surface area contributed by atoms with Gasteiger partial charge in [0.1, 0.15) is 0 Å². The fourth-order valence-corrected chi connectivity index (χ4v) is 20.2. The van der Waals surface area contributed by atoms with Crippen molar-refractivity contribution >= 4 is 22.0 Å². The Morgan fingerprint density at radius 2 is 1.42 bits per heavy atom. The molecule has 1 aromatic carbocycles. The Morgan fingerprint density at radius 3 is 1.92 bits per heavy atom. The third kappa shape index (κ3) is 6.81. The first-order valence-electron chi connectivity index (χ1n) is 9.81. The van der Waals surface area contributed by atoms with Gasteiger partial charge in [-0.25, -0.2) is 0 Å². The standard InChI is InChI=1S/C10H9O.3C4H9.Sn/c1-11-9-5-8-10-6-3-2-4-7-10;3*1-3-4-2;/h2-4,6H,9H2,1H3;3*1,3-4H2,2H3;. The Bertz CT molecular complexity index is 490. The van der Waals surface area contributed by atoms with E-state index in [4.69, 9.17) is 4.74 Å². The predicted molar refractivity (Wildman–Crippen MR) is 110 cm³/mol. The Kier molecular flexibility index (Phi) is 11.5. The van der Waals surface area contributed by atoms with Gasteiger partial charge in [-0.2, -0.15) is 0 Å². The summed E-state index contributed by atoms with van der Waals surface area (Å²) in [4.78, 5) is 0. The van der Waals surface area contributed by atoms with Gasteiger partial charge < -0.3 is 0 Å². The number of methoxy groups -OCH3 is 1. The van der Waals surface area contributed by atoms with Crippen molar-refractivity contribution in [2.75, 3.05) is 13.7 Å². The Morgan fingerprint density at radius 1 is 0.875 bits per heavy atom. The van der Waals surface area contributed by atoms with Crippen molar-refractivity contribution in [3.05, 3.63) is 29.8 Å². The summed E-state index contributed by atoms with van der Waals surface area (Å²) >= 11 is -2.39. The maximum atomic E-state index is 5.13. The minimum atomic E-state index is -2.39. The SMILES string of the molecule is CCC[CH2][Sn]([CH2]CCC)([CH2]CCC)[c]1ccccc1C#CCOC. The zero-order valence-electron chi connectivity index (χ0n) is 16.3. The molecule has 0 heterocycles. The van der Waals surface area contributed by atoms with E-state index >= 15 is 0 Å². The summed E-state index contributed by atoms with van der Waals surface area (Å²) in [5.41, 5.74) is 1.30. The second-order valence-corrected chi connectivity index (χ2v) is 20.0. The maximum absolute atomic E-state index is 5.13. The molecule has 0 aliphatic rings. The van der Waals surface area contributed by atoms with Crippen molar-refractivity contribution in [3.8, 4) is 11.8 Å². The van der Waals surface area contributed by atoms with Crippen LogP contribution in [-0.2, 0) is 4.74 Å². The summed E-state index contributed by atoms with van der Waals surface area (Å²) in [6, 6.07) is 9.06. The van der Waals surface area contributed by atoms with Crippen LogP contribution in [0.4, 0.5) is 0 Å². The van der Waals surface area contributed by atoms with Gasteiger partial charge in [-0.05, 0) is 0 Å². The third-order valence-corrected chi connectivity index (χ3v) is 20.7. The minimum absolute atomic E-state index is 0.524. The van der Waals surface area contributed by atoms with Crippen LogP contribution in [0.3, 0.4) is 0 Å². The number of unbranched alkanes of at least 4 members (excludes halogenated alkanes) is 3. The van der Waals surface area contributed by atoms with Gasteiger partial charge in [-0.3, -0.25) is 0 Å². The zero-order valence-corrected chi connectivity index (χ0v) is 19.1. The second-order valence-electron chi connectivity index (χ2n) is 6.87. The molecule has 134 valence electrons. The number of ether oxygens (including phenoxy) is 1. The average molecular weight is 435 g/mol. The summed E-state index contributed by atoms with van der Waals surface area (Å²) in [5.74, 6) is 6.62. The fourth-order valence-electron chi connectivity index (χ4n) is 3.58. The molecule has 0 aliphatic carbocycles. The van der Waals surface area contributed by atoms with Gasteiger partial charge in [-0.15, -0.1) is 0 Å². The predicted octanol–water partition coefficient (Wildman–Crippen LogP) is 5.74. The van der Waals surface area contributed by atoms with E-state index < -0.39 is 18.4 Å². The summed E-state index contributed by atoms with van der Waals surface area (Å²) < 4.78 is 11.3. The first-order chi connectivity index (χ1) is 11.7. The van der Waals surface area contributed by atoms with Crippen molar-refractivity contribution in [3.63, 3.8) is 0 Å². The van der Waals surface area contributed by atoms with Crippen LogP contribution in [0.15, 0.2) is 24.3 Å². The first kappa shape index (κ1) is 21.6. The molecule has 0 atom stereocenters. The van der Waals surface area contributed by atoms with Crippen molar-refractivity contribution in [1.29, 1.82) is 0 Å². The van der Waals surface area contributed by atoms with Crippen molar-refractivity contribution in [2.24, 2.45) is 0 Å². The molecule has 0 unspecified atom stereocenters. The van der Waals surface area contributed by atoms with Gasteiger partial charge in [0.15, 0.2) is 0 Å². The molecule has 1 rings (SSSR count). The average Bonchev–Trinajstić information content (AvgIpc) is 2.62. The Hall–Kier alpha value is -0.461. The topological polar surface area (TPSA) is 9.23 Å².